The van der Waals surface area contributed by atoms with Crippen molar-refractivity contribution in [3.05, 3.63) is 35.9 Å². The lowest BCUT2D eigenvalue weighted by Crippen LogP contribution is -2.66. The summed E-state index contributed by atoms with van der Waals surface area (Å²) in [6, 6.07) is 4.20. The highest BCUT2D eigenvalue weighted by Gasteiger charge is 2.65. The van der Waals surface area contributed by atoms with Gasteiger partial charge in [-0.3, -0.25) is 9.69 Å². The number of ether oxygens (including phenoxy) is 1. The number of piperidine rings is 1. The summed E-state index contributed by atoms with van der Waals surface area (Å²) in [4.78, 5) is 15.1. The molecule has 0 aromatic heterocycles. The van der Waals surface area contributed by atoms with Crippen LogP contribution >= 0.6 is 0 Å². The van der Waals surface area contributed by atoms with E-state index in [0.717, 1.165) is 37.9 Å². The summed E-state index contributed by atoms with van der Waals surface area (Å²) in [6.07, 6.45) is 5.03. The fourth-order valence-electron chi connectivity index (χ4n) is 5.80. The van der Waals surface area contributed by atoms with Crippen LogP contribution in [0, 0.1) is 5.92 Å². The number of phenols is 1. The van der Waals surface area contributed by atoms with Crippen LogP contribution < -0.4 is 4.74 Å². The largest absolute Gasteiger partial charge is 0.504 e. The monoisotopic (exact) mass is 311 g/mol. The van der Waals surface area contributed by atoms with E-state index >= 15 is 0 Å². The first-order valence-electron chi connectivity index (χ1n) is 8.56. The van der Waals surface area contributed by atoms with Gasteiger partial charge in [0, 0.05) is 30.0 Å². The molecule has 4 aliphatic rings. The van der Waals surface area contributed by atoms with Crippen LogP contribution in [0.25, 0.3) is 0 Å². The van der Waals surface area contributed by atoms with Gasteiger partial charge in [0.1, 0.15) is 0 Å². The average molecular weight is 311 g/mol. The molecule has 4 atom stereocenters. The molecule has 2 heterocycles. The van der Waals surface area contributed by atoms with Crippen molar-refractivity contribution in [1.29, 1.82) is 0 Å². The molecular formula is C19H21NO3. The number of aromatic hydroxyl groups is 1. The third-order valence-corrected chi connectivity index (χ3v) is 6.59. The van der Waals surface area contributed by atoms with Crippen LogP contribution in [0.3, 0.4) is 0 Å². The van der Waals surface area contributed by atoms with Gasteiger partial charge in [-0.2, -0.15) is 0 Å². The van der Waals surface area contributed by atoms with Gasteiger partial charge in [-0.1, -0.05) is 12.1 Å². The van der Waals surface area contributed by atoms with Crippen molar-refractivity contribution < 1.29 is 14.6 Å². The minimum atomic E-state index is -0.392. The van der Waals surface area contributed by atoms with Crippen molar-refractivity contribution in [2.24, 2.45) is 5.92 Å². The molecule has 1 aromatic carbocycles. The molecule has 120 valence electrons. The maximum absolute atomic E-state index is 12.6. The highest BCUT2D eigenvalue weighted by Crippen LogP contribution is 2.63. The Bertz CT molecular complexity index is 728. The molecule has 1 spiro atoms. The Morgan fingerprint density at radius 1 is 1.48 bits per heavy atom. The Morgan fingerprint density at radius 3 is 3.17 bits per heavy atom. The lowest BCUT2D eigenvalue weighted by Gasteiger charge is -2.57. The number of likely N-dealkylation sites (tertiary alicyclic amines) is 1. The van der Waals surface area contributed by atoms with Gasteiger partial charge >= 0.3 is 0 Å². The summed E-state index contributed by atoms with van der Waals surface area (Å²) >= 11 is 0. The van der Waals surface area contributed by atoms with Crippen LogP contribution in [0.5, 0.6) is 11.5 Å². The second-order valence-corrected chi connectivity index (χ2v) is 7.40. The minimum Gasteiger partial charge on any atom is -0.504 e. The van der Waals surface area contributed by atoms with E-state index in [-0.39, 0.29) is 16.9 Å². The molecule has 2 fully saturated rings. The van der Waals surface area contributed by atoms with Gasteiger partial charge in [-0.05, 0) is 43.4 Å². The van der Waals surface area contributed by atoms with E-state index in [1.165, 1.54) is 5.56 Å². The first kappa shape index (κ1) is 13.6. The quantitative estimate of drug-likeness (QED) is 0.851. The summed E-state index contributed by atoms with van der Waals surface area (Å²) in [7, 11) is 0. The van der Waals surface area contributed by atoms with E-state index in [2.05, 4.69) is 11.5 Å². The van der Waals surface area contributed by atoms with E-state index in [1.807, 2.05) is 12.1 Å². The average Bonchev–Trinajstić information content (AvgIpc) is 2.89. The van der Waals surface area contributed by atoms with Crippen molar-refractivity contribution in [2.45, 2.75) is 43.2 Å². The zero-order valence-electron chi connectivity index (χ0n) is 13.1. The molecular weight excluding hydrogens is 290 g/mol. The number of benzene rings is 1. The Labute approximate surface area is 135 Å². The van der Waals surface area contributed by atoms with Crippen molar-refractivity contribution in [3.8, 4) is 11.5 Å². The topological polar surface area (TPSA) is 49.8 Å². The van der Waals surface area contributed by atoms with Crippen molar-refractivity contribution in [3.63, 3.8) is 0 Å². The van der Waals surface area contributed by atoms with Crippen molar-refractivity contribution >= 4 is 5.78 Å². The lowest BCUT2D eigenvalue weighted by molar-refractivity contribution is -0.138. The lowest BCUT2D eigenvalue weighted by atomic mass is 9.51. The molecule has 4 heteroatoms. The number of hydrogen-bond acceptors (Lipinski definition) is 4. The minimum absolute atomic E-state index is 0.186. The van der Waals surface area contributed by atoms with Crippen LogP contribution in [0.15, 0.2) is 24.8 Å². The zero-order chi connectivity index (χ0) is 15.8. The highest BCUT2D eigenvalue weighted by molar-refractivity contribution is 5.89. The molecule has 1 saturated heterocycles. The number of carbonyl (C=O) groups is 1. The second kappa shape index (κ2) is 4.38. The van der Waals surface area contributed by atoms with E-state index in [0.29, 0.717) is 24.1 Å². The smallest absolute Gasteiger partial charge is 0.174 e. The predicted molar refractivity (Wildman–Crippen MR) is 85.8 cm³/mol. The van der Waals surface area contributed by atoms with Gasteiger partial charge in [-0.15, -0.1) is 6.58 Å². The van der Waals surface area contributed by atoms with Gasteiger partial charge < -0.3 is 9.84 Å². The van der Waals surface area contributed by atoms with Crippen LogP contribution in [0.2, 0.25) is 0 Å². The van der Waals surface area contributed by atoms with Crippen molar-refractivity contribution in [1.82, 2.24) is 4.90 Å². The number of carbonyl (C=O) groups excluding carboxylic acids is 1. The standard InChI is InChI=1S/C19H21NO3/c1-2-8-20-9-7-19-12-4-6-15(22)18(19)23-17-14(21)5-3-11(16(17)19)10-13(12)20/h2-3,5,12-13,18,21H,1,4,6-10H2. The molecule has 0 radical (unpaired) electrons. The Morgan fingerprint density at radius 2 is 2.35 bits per heavy atom. The first-order valence-corrected chi connectivity index (χ1v) is 8.56. The third kappa shape index (κ3) is 1.48. The molecule has 23 heavy (non-hydrogen) atoms. The maximum Gasteiger partial charge on any atom is 0.174 e. The van der Waals surface area contributed by atoms with Crippen LogP contribution in [-0.2, 0) is 16.6 Å². The van der Waals surface area contributed by atoms with Gasteiger partial charge in [-0.25, -0.2) is 0 Å². The predicted octanol–water partition coefficient (Wildman–Crippen LogP) is 2.19. The molecule has 5 rings (SSSR count). The molecule has 0 amide bonds. The van der Waals surface area contributed by atoms with Crippen LogP contribution in [0.4, 0.5) is 0 Å². The summed E-state index contributed by atoms with van der Waals surface area (Å²) in [6.45, 7) is 5.77. The van der Waals surface area contributed by atoms with Crippen molar-refractivity contribution in [2.75, 3.05) is 13.1 Å². The molecule has 2 bridgehead atoms. The number of hydrogen-bond donors (Lipinski definition) is 1. The summed E-state index contributed by atoms with van der Waals surface area (Å²) in [5, 5.41) is 10.3. The Hall–Kier alpha value is -1.81. The second-order valence-electron chi connectivity index (χ2n) is 7.40. The number of nitrogens with zero attached hydrogens (tertiary/aromatic N) is 1. The highest BCUT2D eigenvalue weighted by atomic mass is 16.5. The Kier molecular flexibility index (Phi) is 2.59. The molecule has 1 saturated carbocycles. The SMILES string of the molecule is C=CCN1CCC23c4c5ccc(O)c4OC2C(=O)CCC3C1C5. The summed E-state index contributed by atoms with van der Waals surface area (Å²) in [5.74, 6) is 1.42. The normalized spacial score (nSPS) is 37.2. The molecule has 4 nitrogen and oxygen atoms in total. The van der Waals surface area contributed by atoms with E-state index in [9.17, 15) is 9.90 Å². The molecule has 1 N–H and O–H groups in total. The molecule has 1 aromatic rings. The number of ketones is 1. The summed E-state index contributed by atoms with van der Waals surface area (Å²) in [5.41, 5.74) is 2.19. The Balaban J connectivity index is 1.75. The third-order valence-electron chi connectivity index (χ3n) is 6.59. The number of Topliss-reactive ketones (excluding diaryl/α,β-unsaturated/α-hetero) is 1. The number of rotatable bonds is 2. The van der Waals surface area contributed by atoms with Gasteiger partial charge in [0.05, 0.1) is 0 Å². The maximum atomic E-state index is 12.6. The fraction of sp³-hybridized carbons (Fsp3) is 0.526. The first-order chi connectivity index (χ1) is 11.2. The van der Waals surface area contributed by atoms with E-state index in [4.69, 9.17) is 4.74 Å². The molecule has 2 aliphatic carbocycles. The van der Waals surface area contributed by atoms with Gasteiger partial charge in [0.15, 0.2) is 23.4 Å². The zero-order valence-corrected chi connectivity index (χ0v) is 13.1. The summed E-state index contributed by atoms with van der Waals surface area (Å²) < 4.78 is 6.08. The van der Waals surface area contributed by atoms with E-state index < -0.39 is 6.10 Å². The van der Waals surface area contributed by atoms with Crippen LogP contribution in [-0.4, -0.2) is 41.0 Å². The molecule has 2 aliphatic heterocycles. The fourth-order valence-corrected chi connectivity index (χ4v) is 5.80. The molecule has 4 unspecified atom stereocenters. The van der Waals surface area contributed by atoms with E-state index in [1.54, 1.807) is 6.07 Å². The van der Waals surface area contributed by atoms with Crippen LogP contribution in [0.1, 0.15) is 30.4 Å². The van der Waals surface area contributed by atoms with Gasteiger partial charge in [0.2, 0.25) is 0 Å². The number of phenolic OH excluding ortho intramolecular Hbond substituents is 1. The van der Waals surface area contributed by atoms with Gasteiger partial charge in [0.25, 0.3) is 0 Å².